The van der Waals surface area contributed by atoms with Gasteiger partial charge in [-0.25, -0.2) is 13.2 Å². The van der Waals surface area contributed by atoms with Crippen molar-refractivity contribution in [1.29, 1.82) is 0 Å². The summed E-state index contributed by atoms with van der Waals surface area (Å²) < 4.78 is 28.2. The van der Waals surface area contributed by atoms with Crippen molar-refractivity contribution in [2.45, 2.75) is 33.2 Å². The molecule has 1 amide bonds. The molecule has 134 valence electrons. The summed E-state index contributed by atoms with van der Waals surface area (Å²) in [6, 6.07) is 4.10. The molecule has 1 aromatic rings. The molecular weight excluding hydrogens is 334 g/mol. The van der Waals surface area contributed by atoms with Gasteiger partial charge in [-0.15, -0.1) is 0 Å². The first-order chi connectivity index (χ1) is 11.1. The van der Waals surface area contributed by atoms with Crippen LogP contribution in [-0.4, -0.2) is 49.6 Å². The fraction of sp³-hybridized carbons (Fsp3) is 0.500. The van der Waals surface area contributed by atoms with E-state index in [1.807, 2.05) is 19.9 Å². The Balaban J connectivity index is 2.56. The van der Waals surface area contributed by atoms with Crippen LogP contribution < -0.4 is 10.1 Å². The van der Waals surface area contributed by atoms with Crippen molar-refractivity contribution >= 4 is 21.7 Å². The minimum atomic E-state index is -3.29. The quantitative estimate of drug-likeness (QED) is 0.684. The molecule has 0 aliphatic carbocycles. The van der Waals surface area contributed by atoms with Crippen LogP contribution in [0.5, 0.6) is 5.75 Å². The lowest BCUT2D eigenvalue weighted by Crippen LogP contribution is -2.44. The number of nitrogens with one attached hydrogen (secondary N) is 1. The van der Waals surface area contributed by atoms with Crippen LogP contribution in [0.2, 0.25) is 0 Å². The first kappa shape index (κ1) is 20.0. The lowest BCUT2D eigenvalue weighted by atomic mass is 10.1. The van der Waals surface area contributed by atoms with E-state index in [0.717, 1.165) is 11.1 Å². The molecule has 1 aromatic carbocycles. The lowest BCUT2D eigenvalue weighted by molar-refractivity contribution is -0.142. The van der Waals surface area contributed by atoms with Crippen molar-refractivity contribution in [3.63, 3.8) is 0 Å². The van der Waals surface area contributed by atoms with Crippen LogP contribution in [0.4, 0.5) is 0 Å². The number of ether oxygens (including phenoxy) is 1. The van der Waals surface area contributed by atoms with Crippen LogP contribution in [0.25, 0.3) is 0 Å². The Bertz CT molecular complexity index is 699. The number of carbonyl (C=O) groups excluding carboxylic acids is 1. The second kappa shape index (κ2) is 8.68. The van der Waals surface area contributed by atoms with Crippen molar-refractivity contribution in [1.82, 2.24) is 5.32 Å². The summed E-state index contributed by atoms with van der Waals surface area (Å²) in [4.78, 5) is 23.0. The highest BCUT2D eigenvalue weighted by Crippen LogP contribution is 2.16. The maximum atomic E-state index is 11.8. The number of aryl methyl sites for hydroxylation is 2. The Kier molecular flexibility index (Phi) is 7.21. The van der Waals surface area contributed by atoms with Gasteiger partial charge in [0.1, 0.15) is 21.6 Å². The minimum Gasteiger partial charge on any atom is -0.484 e. The van der Waals surface area contributed by atoms with Gasteiger partial charge in [0.2, 0.25) is 0 Å². The number of carboxylic acids is 1. The zero-order valence-electron chi connectivity index (χ0n) is 14.0. The van der Waals surface area contributed by atoms with E-state index in [1.54, 1.807) is 12.1 Å². The van der Waals surface area contributed by atoms with Crippen molar-refractivity contribution in [2.75, 3.05) is 18.1 Å². The molecule has 8 heteroatoms. The standard InChI is InChI=1S/C16H23NO6S/c1-4-24(21,22)8-7-14(16(19)20)17-15(18)10-23-13-6-5-11(2)12(3)9-13/h5-6,9,14H,4,7-8,10H2,1-3H3,(H,17,18)(H,19,20). The third kappa shape index (κ3) is 6.57. The zero-order chi connectivity index (χ0) is 18.3. The molecule has 0 aliphatic heterocycles. The van der Waals surface area contributed by atoms with E-state index in [0.29, 0.717) is 5.75 Å². The molecular formula is C16H23NO6S. The SMILES string of the molecule is CCS(=O)(=O)CCC(NC(=O)COc1ccc(C)c(C)c1)C(=O)O. The highest BCUT2D eigenvalue weighted by atomic mass is 32.2. The number of amides is 1. The molecule has 0 saturated heterocycles. The highest BCUT2D eigenvalue weighted by Gasteiger charge is 2.22. The van der Waals surface area contributed by atoms with Gasteiger partial charge in [0.05, 0.1) is 5.75 Å². The zero-order valence-corrected chi connectivity index (χ0v) is 14.9. The van der Waals surface area contributed by atoms with Crippen molar-refractivity contribution in [2.24, 2.45) is 0 Å². The maximum Gasteiger partial charge on any atom is 0.326 e. The summed E-state index contributed by atoms with van der Waals surface area (Å²) in [6.45, 7) is 5.01. The van der Waals surface area contributed by atoms with E-state index in [4.69, 9.17) is 9.84 Å². The third-order valence-electron chi connectivity index (χ3n) is 3.64. The fourth-order valence-corrected chi connectivity index (χ4v) is 2.77. The van der Waals surface area contributed by atoms with Gasteiger partial charge in [0, 0.05) is 5.75 Å². The van der Waals surface area contributed by atoms with Gasteiger partial charge in [-0.1, -0.05) is 13.0 Å². The predicted molar refractivity (Wildman–Crippen MR) is 89.9 cm³/mol. The normalized spacial score (nSPS) is 12.5. The summed E-state index contributed by atoms with van der Waals surface area (Å²) in [5, 5.41) is 11.4. The molecule has 0 radical (unpaired) electrons. The maximum absolute atomic E-state index is 11.8. The van der Waals surface area contributed by atoms with Crippen LogP contribution >= 0.6 is 0 Å². The number of sulfone groups is 1. The van der Waals surface area contributed by atoms with E-state index in [1.165, 1.54) is 6.92 Å². The van der Waals surface area contributed by atoms with Crippen LogP contribution in [-0.2, 0) is 19.4 Å². The van der Waals surface area contributed by atoms with Gasteiger partial charge in [0.15, 0.2) is 6.61 Å². The summed E-state index contributed by atoms with van der Waals surface area (Å²) in [5.41, 5.74) is 2.11. The van der Waals surface area contributed by atoms with Gasteiger partial charge in [-0.05, 0) is 43.5 Å². The highest BCUT2D eigenvalue weighted by molar-refractivity contribution is 7.91. The van der Waals surface area contributed by atoms with E-state index in [2.05, 4.69) is 5.32 Å². The smallest absolute Gasteiger partial charge is 0.326 e. The second-order valence-corrected chi connectivity index (χ2v) is 7.99. The van der Waals surface area contributed by atoms with Crippen LogP contribution in [0, 0.1) is 13.8 Å². The Morgan fingerprint density at radius 1 is 1.25 bits per heavy atom. The largest absolute Gasteiger partial charge is 0.484 e. The summed E-state index contributed by atoms with van der Waals surface area (Å²) >= 11 is 0. The van der Waals surface area contributed by atoms with Crippen molar-refractivity contribution in [3.8, 4) is 5.75 Å². The summed E-state index contributed by atoms with van der Waals surface area (Å²) in [7, 11) is -3.29. The average molecular weight is 357 g/mol. The molecule has 0 spiro atoms. The summed E-state index contributed by atoms with van der Waals surface area (Å²) in [5.74, 6) is -1.74. The number of carboxylic acid groups (broad SMARTS) is 1. The molecule has 1 atom stereocenters. The molecule has 0 fully saturated rings. The van der Waals surface area contributed by atoms with Crippen LogP contribution in [0.15, 0.2) is 18.2 Å². The first-order valence-corrected chi connectivity index (χ1v) is 9.39. The lowest BCUT2D eigenvalue weighted by Gasteiger charge is -2.15. The Morgan fingerprint density at radius 2 is 1.92 bits per heavy atom. The van der Waals surface area contributed by atoms with E-state index in [-0.39, 0.29) is 24.5 Å². The molecule has 0 bridgehead atoms. The Morgan fingerprint density at radius 3 is 2.46 bits per heavy atom. The van der Waals surface area contributed by atoms with Crippen molar-refractivity contribution in [3.05, 3.63) is 29.3 Å². The van der Waals surface area contributed by atoms with Gasteiger partial charge >= 0.3 is 5.97 Å². The van der Waals surface area contributed by atoms with Crippen LogP contribution in [0.3, 0.4) is 0 Å². The van der Waals surface area contributed by atoms with Crippen LogP contribution in [0.1, 0.15) is 24.5 Å². The average Bonchev–Trinajstić information content (AvgIpc) is 2.52. The molecule has 0 saturated carbocycles. The van der Waals surface area contributed by atoms with Gasteiger partial charge in [-0.2, -0.15) is 0 Å². The molecule has 24 heavy (non-hydrogen) atoms. The second-order valence-electron chi connectivity index (χ2n) is 5.52. The van der Waals surface area contributed by atoms with Gasteiger partial charge < -0.3 is 15.2 Å². The van der Waals surface area contributed by atoms with E-state index >= 15 is 0 Å². The number of hydrogen-bond donors (Lipinski definition) is 2. The topological polar surface area (TPSA) is 110 Å². The monoisotopic (exact) mass is 357 g/mol. The van der Waals surface area contributed by atoms with Gasteiger partial charge in [0.25, 0.3) is 5.91 Å². The number of aliphatic carboxylic acids is 1. The molecule has 2 N–H and O–H groups in total. The molecule has 0 heterocycles. The summed E-state index contributed by atoms with van der Waals surface area (Å²) in [6.07, 6.45) is -0.180. The number of rotatable bonds is 9. The molecule has 0 aliphatic rings. The first-order valence-electron chi connectivity index (χ1n) is 7.57. The third-order valence-corrected chi connectivity index (χ3v) is 5.38. The predicted octanol–water partition coefficient (Wildman–Crippen LogP) is 1.08. The fourth-order valence-electron chi connectivity index (χ4n) is 1.89. The number of carbonyl (C=O) groups is 2. The van der Waals surface area contributed by atoms with Gasteiger partial charge in [-0.3, -0.25) is 4.79 Å². The number of hydrogen-bond acceptors (Lipinski definition) is 5. The Labute approximate surface area is 141 Å². The van der Waals surface area contributed by atoms with E-state index < -0.39 is 27.8 Å². The minimum absolute atomic E-state index is 0.0663. The van der Waals surface area contributed by atoms with Crippen molar-refractivity contribution < 1.29 is 27.9 Å². The molecule has 7 nitrogen and oxygen atoms in total. The molecule has 1 rings (SSSR count). The Hall–Kier alpha value is -2.09. The molecule has 1 unspecified atom stereocenters. The van der Waals surface area contributed by atoms with E-state index in [9.17, 15) is 18.0 Å². The molecule has 0 aromatic heterocycles. The number of benzene rings is 1.